The van der Waals surface area contributed by atoms with Crippen LogP contribution in [0, 0.1) is 5.41 Å². The Morgan fingerprint density at radius 3 is 2.64 bits per heavy atom. The standard InChI is InChI=1S/C21H30F3N9O3/c1-2-34-11-12-35-13-15(25)17-18(28-7-10-36-21(22,23)24)19(30-16-3-4-27-14-29-16)32-20(31-17)33-8-5-26-6-9-33/h3-4,14,25-26,28H,2,5-13H2,1H3,(H,27,29,30,31,32). The third kappa shape index (κ3) is 8.82. The molecule has 0 amide bonds. The molecular formula is C21H30F3N9O3. The lowest BCUT2D eigenvalue weighted by Crippen LogP contribution is -2.44. The molecule has 36 heavy (non-hydrogen) atoms. The molecule has 0 radical (unpaired) electrons. The van der Waals surface area contributed by atoms with Crippen LogP contribution in [0.3, 0.4) is 0 Å². The summed E-state index contributed by atoms with van der Waals surface area (Å²) >= 11 is 0. The van der Waals surface area contributed by atoms with Gasteiger partial charge in [-0.25, -0.2) is 15.0 Å². The molecule has 0 saturated carbocycles. The maximum Gasteiger partial charge on any atom is 0.522 e. The second kappa shape index (κ2) is 13.8. The van der Waals surface area contributed by atoms with E-state index in [1.54, 1.807) is 6.07 Å². The van der Waals surface area contributed by atoms with Crippen molar-refractivity contribution < 1.29 is 27.4 Å². The Balaban J connectivity index is 1.91. The number of hydrogen-bond acceptors (Lipinski definition) is 12. The van der Waals surface area contributed by atoms with Crippen LogP contribution >= 0.6 is 0 Å². The minimum atomic E-state index is -4.75. The summed E-state index contributed by atoms with van der Waals surface area (Å²) in [5, 5.41) is 17.8. The zero-order chi connectivity index (χ0) is 25.8. The largest absolute Gasteiger partial charge is 0.522 e. The summed E-state index contributed by atoms with van der Waals surface area (Å²) in [6, 6.07) is 1.62. The number of nitrogens with zero attached hydrogens (tertiary/aromatic N) is 5. The molecule has 15 heteroatoms. The summed E-state index contributed by atoms with van der Waals surface area (Å²) in [4.78, 5) is 19.2. The summed E-state index contributed by atoms with van der Waals surface area (Å²) in [5.41, 5.74) is 0.449. The molecule has 198 valence electrons. The van der Waals surface area contributed by atoms with E-state index in [0.717, 1.165) is 13.1 Å². The molecule has 1 aliphatic heterocycles. The first-order chi connectivity index (χ1) is 17.4. The van der Waals surface area contributed by atoms with E-state index in [0.29, 0.717) is 38.1 Å². The van der Waals surface area contributed by atoms with Crippen LogP contribution in [0.2, 0.25) is 0 Å². The summed E-state index contributed by atoms with van der Waals surface area (Å²) in [5.74, 6) is 1.03. The number of halogens is 3. The molecule has 12 nitrogen and oxygen atoms in total. The summed E-state index contributed by atoms with van der Waals surface area (Å²) < 4.78 is 52.1. The number of piperazine rings is 1. The maximum absolute atomic E-state index is 12.5. The lowest BCUT2D eigenvalue weighted by atomic mass is 10.2. The van der Waals surface area contributed by atoms with E-state index in [2.05, 4.69) is 40.6 Å². The SMILES string of the molecule is CCOCCOCC(=N)c1nc(N2CCNCC2)nc(Nc2ccncn2)c1NCCOC(F)(F)F. The summed E-state index contributed by atoms with van der Waals surface area (Å²) in [6.07, 6.45) is -1.87. The molecule has 1 aliphatic rings. The molecule has 1 saturated heterocycles. The van der Waals surface area contributed by atoms with Gasteiger partial charge in [0, 0.05) is 45.5 Å². The van der Waals surface area contributed by atoms with Crippen LogP contribution in [-0.2, 0) is 14.2 Å². The summed E-state index contributed by atoms with van der Waals surface area (Å²) in [7, 11) is 0. The van der Waals surface area contributed by atoms with Crippen molar-refractivity contribution in [2.24, 2.45) is 0 Å². The van der Waals surface area contributed by atoms with Crippen LogP contribution in [0.1, 0.15) is 12.6 Å². The molecule has 0 aromatic carbocycles. The van der Waals surface area contributed by atoms with Crippen molar-refractivity contribution in [3.8, 4) is 0 Å². The molecular weight excluding hydrogens is 483 g/mol. The van der Waals surface area contributed by atoms with Crippen LogP contribution < -0.4 is 20.9 Å². The van der Waals surface area contributed by atoms with Crippen LogP contribution in [0.4, 0.5) is 36.4 Å². The third-order valence-corrected chi connectivity index (χ3v) is 4.90. The van der Waals surface area contributed by atoms with Crippen LogP contribution in [0.5, 0.6) is 0 Å². The van der Waals surface area contributed by atoms with Crippen molar-refractivity contribution in [1.29, 1.82) is 5.41 Å². The van der Waals surface area contributed by atoms with Gasteiger partial charge in [-0.1, -0.05) is 0 Å². The molecule has 0 atom stereocenters. The Kier molecular flexibility index (Phi) is 10.5. The molecule has 2 aromatic heterocycles. The van der Waals surface area contributed by atoms with Gasteiger partial charge >= 0.3 is 6.36 Å². The van der Waals surface area contributed by atoms with E-state index in [9.17, 15) is 13.2 Å². The van der Waals surface area contributed by atoms with Gasteiger partial charge in [0.05, 0.1) is 32.1 Å². The van der Waals surface area contributed by atoms with E-state index >= 15 is 0 Å². The van der Waals surface area contributed by atoms with Gasteiger partial charge in [0.15, 0.2) is 5.82 Å². The van der Waals surface area contributed by atoms with Gasteiger partial charge in [-0.15, -0.1) is 13.2 Å². The van der Waals surface area contributed by atoms with Crippen molar-refractivity contribution >= 4 is 29.0 Å². The van der Waals surface area contributed by atoms with Gasteiger partial charge in [-0.2, -0.15) is 4.98 Å². The normalized spacial score (nSPS) is 14.1. The molecule has 1 fully saturated rings. The molecule has 0 bridgehead atoms. The first kappa shape index (κ1) is 27.4. The number of alkyl halides is 3. The topological polar surface area (TPSA) is 142 Å². The van der Waals surface area contributed by atoms with Crippen molar-refractivity contribution in [3.63, 3.8) is 0 Å². The van der Waals surface area contributed by atoms with Crippen molar-refractivity contribution in [3.05, 3.63) is 24.3 Å². The number of rotatable bonds is 14. The Morgan fingerprint density at radius 2 is 1.94 bits per heavy atom. The van der Waals surface area contributed by atoms with E-state index in [-0.39, 0.29) is 42.7 Å². The van der Waals surface area contributed by atoms with Gasteiger partial charge < -0.3 is 35.7 Å². The van der Waals surface area contributed by atoms with Crippen molar-refractivity contribution in [1.82, 2.24) is 25.3 Å². The first-order valence-corrected chi connectivity index (χ1v) is 11.5. The smallest absolute Gasteiger partial charge is 0.379 e. The number of ether oxygens (including phenoxy) is 3. The van der Waals surface area contributed by atoms with Crippen LogP contribution in [0.15, 0.2) is 18.6 Å². The van der Waals surface area contributed by atoms with E-state index in [1.165, 1.54) is 12.5 Å². The predicted molar refractivity (Wildman–Crippen MR) is 127 cm³/mol. The fraction of sp³-hybridized carbons (Fsp3) is 0.571. The molecule has 3 rings (SSSR count). The van der Waals surface area contributed by atoms with Crippen molar-refractivity contribution in [2.45, 2.75) is 13.3 Å². The second-order valence-electron chi connectivity index (χ2n) is 7.50. The molecule has 0 spiro atoms. The average molecular weight is 514 g/mol. The minimum Gasteiger partial charge on any atom is -0.379 e. The average Bonchev–Trinajstić information content (AvgIpc) is 2.87. The zero-order valence-corrected chi connectivity index (χ0v) is 19.9. The maximum atomic E-state index is 12.5. The van der Waals surface area contributed by atoms with Gasteiger partial charge in [0.1, 0.15) is 23.5 Å². The van der Waals surface area contributed by atoms with E-state index in [1.807, 2.05) is 11.8 Å². The highest BCUT2D eigenvalue weighted by Crippen LogP contribution is 2.29. The Labute approximate surface area is 206 Å². The highest BCUT2D eigenvalue weighted by Gasteiger charge is 2.29. The molecule has 2 aromatic rings. The Morgan fingerprint density at radius 1 is 1.17 bits per heavy atom. The van der Waals surface area contributed by atoms with Gasteiger partial charge in [-0.05, 0) is 13.0 Å². The van der Waals surface area contributed by atoms with E-state index < -0.39 is 13.0 Å². The first-order valence-electron chi connectivity index (χ1n) is 11.5. The number of aromatic nitrogens is 4. The lowest BCUT2D eigenvalue weighted by Gasteiger charge is -2.29. The molecule has 0 unspecified atom stereocenters. The number of nitrogens with one attached hydrogen (secondary N) is 4. The van der Waals surface area contributed by atoms with Gasteiger partial charge in [0.2, 0.25) is 5.95 Å². The Bertz CT molecular complexity index is 961. The minimum absolute atomic E-state index is 0.0234. The third-order valence-electron chi connectivity index (χ3n) is 4.90. The predicted octanol–water partition coefficient (Wildman–Crippen LogP) is 1.79. The fourth-order valence-corrected chi connectivity index (χ4v) is 3.26. The van der Waals surface area contributed by atoms with Crippen LogP contribution in [0.25, 0.3) is 0 Å². The van der Waals surface area contributed by atoms with Crippen molar-refractivity contribution in [2.75, 3.05) is 81.3 Å². The molecule has 3 heterocycles. The molecule has 0 aliphatic carbocycles. The van der Waals surface area contributed by atoms with Gasteiger partial charge in [0.25, 0.3) is 0 Å². The summed E-state index contributed by atoms with van der Waals surface area (Å²) in [6.45, 7) is 4.91. The highest BCUT2D eigenvalue weighted by molar-refractivity contribution is 6.04. The lowest BCUT2D eigenvalue weighted by molar-refractivity contribution is -0.322. The monoisotopic (exact) mass is 513 g/mol. The zero-order valence-electron chi connectivity index (χ0n) is 19.9. The fourth-order valence-electron chi connectivity index (χ4n) is 3.26. The van der Waals surface area contributed by atoms with Crippen LogP contribution in [-0.4, -0.2) is 97.8 Å². The Hall–Kier alpha value is -3.14. The second-order valence-corrected chi connectivity index (χ2v) is 7.50. The highest BCUT2D eigenvalue weighted by atomic mass is 19.4. The molecule has 4 N–H and O–H groups in total. The number of anilines is 4. The van der Waals surface area contributed by atoms with Gasteiger partial charge in [-0.3, -0.25) is 4.74 Å². The number of hydrogen-bond donors (Lipinski definition) is 4. The van der Waals surface area contributed by atoms with E-state index in [4.69, 9.17) is 14.9 Å². The quantitative estimate of drug-likeness (QED) is 0.217.